The van der Waals surface area contributed by atoms with Crippen LogP contribution in [0.4, 0.5) is 5.13 Å². The van der Waals surface area contributed by atoms with E-state index in [4.69, 9.17) is 4.42 Å². The predicted octanol–water partition coefficient (Wildman–Crippen LogP) is 3.67. The summed E-state index contributed by atoms with van der Waals surface area (Å²) >= 11 is 1.44. The van der Waals surface area contributed by atoms with Crippen molar-refractivity contribution in [3.63, 3.8) is 0 Å². The van der Waals surface area contributed by atoms with Crippen LogP contribution in [0.1, 0.15) is 21.9 Å². The molecule has 106 valence electrons. The Morgan fingerprint density at radius 1 is 1.24 bits per heavy atom. The van der Waals surface area contributed by atoms with Crippen molar-refractivity contribution in [2.75, 3.05) is 5.32 Å². The zero-order chi connectivity index (χ0) is 14.8. The standard InChI is InChI=1S/C15H13N3O2S/c1-9-13(11-6-4-3-5-7-11)21-15(17-9)18-14(19)12-10(2)20-8-16-12/h3-8H,1-2H3,(H,17,18,19). The molecule has 3 rings (SSSR count). The molecule has 2 aromatic heterocycles. The first-order valence-corrected chi connectivity index (χ1v) is 7.21. The van der Waals surface area contributed by atoms with E-state index in [1.54, 1.807) is 6.92 Å². The van der Waals surface area contributed by atoms with Crippen LogP contribution >= 0.6 is 11.3 Å². The molecule has 6 heteroatoms. The lowest BCUT2D eigenvalue weighted by Gasteiger charge is -1.98. The number of nitrogens with zero attached hydrogens (tertiary/aromatic N) is 2. The lowest BCUT2D eigenvalue weighted by Crippen LogP contribution is -2.13. The van der Waals surface area contributed by atoms with E-state index in [0.29, 0.717) is 10.9 Å². The molecule has 1 amide bonds. The highest BCUT2D eigenvalue weighted by molar-refractivity contribution is 7.19. The Morgan fingerprint density at radius 2 is 2.00 bits per heavy atom. The molecule has 0 saturated heterocycles. The minimum absolute atomic E-state index is 0.282. The van der Waals surface area contributed by atoms with Gasteiger partial charge in [0.25, 0.3) is 5.91 Å². The molecule has 0 unspecified atom stereocenters. The van der Waals surface area contributed by atoms with E-state index in [1.165, 1.54) is 17.7 Å². The highest BCUT2D eigenvalue weighted by atomic mass is 32.1. The molecule has 0 saturated carbocycles. The lowest BCUT2D eigenvalue weighted by atomic mass is 10.2. The van der Waals surface area contributed by atoms with Gasteiger partial charge in [-0.3, -0.25) is 10.1 Å². The Morgan fingerprint density at radius 3 is 2.67 bits per heavy atom. The minimum atomic E-state index is -0.311. The van der Waals surface area contributed by atoms with Gasteiger partial charge in [0.2, 0.25) is 0 Å². The van der Waals surface area contributed by atoms with Gasteiger partial charge in [0.15, 0.2) is 17.2 Å². The van der Waals surface area contributed by atoms with E-state index < -0.39 is 0 Å². The summed E-state index contributed by atoms with van der Waals surface area (Å²) in [7, 11) is 0. The maximum absolute atomic E-state index is 12.1. The molecule has 1 aromatic carbocycles. The number of carbonyl (C=O) groups excluding carboxylic acids is 1. The molecule has 21 heavy (non-hydrogen) atoms. The first-order chi connectivity index (χ1) is 10.1. The summed E-state index contributed by atoms with van der Waals surface area (Å²) in [6.45, 7) is 3.63. The van der Waals surface area contributed by atoms with Crippen molar-refractivity contribution in [3.05, 3.63) is 53.9 Å². The number of nitrogens with one attached hydrogen (secondary N) is 1. The van der Waals surface area contributed by atoms with Crippen LogP contribution in [0.5, 0.6) is 0 Å². The average Bonchev–Trinajstić information content (AvgIpc) is 3.06. The number of amides is 1. The summed E-state index contributed by atoms with van der Waals surface area (Å²) < 4.78 is 5.03. The molecule has 0 aliphatic rings. The Bertz CT molecular complexity index is 777. The van der Waals surface area contributed by atoms with Gasteiger partial charge in [-0.25, -0.2) is 9.97 Å². The van der Waals surface area contributed by atoms with Crippen LogP contribution in [-0.4, -0.2) is 15.9 Å². The number of rotatable bonds is 3. The van der Waals surface area contributed by atoms with Crippen LogP contribution in [0.3, 0.4) is 0 Å². The molecule has 0 aliphatic heterocycles. The molecule has 0 radical (unpaired) electrons. The van der Waals surface area contributed by atoms with Gasteiger partial charge in [0.1, 0.15) is 5.76 Å². The van der Waals surface area contributed by atoms with Crippen molar-refractivity contribution in [1.82, 2.24) is 9.97 Å². The number of hydrogen-bond donors (Lipinski definition) is 1. The first-order valence-electron chi connectivity index (χ1n) is 6.39. The molecule has 0 aliphatic carbocycles. The summed E-state index contributed by atoms with van der Waals surface area (Å²) in [5.74, 6) is 0.179. The zero-order valence-corrected chi connectivity index (χ0v) is 12.4. The van der Waals surface area contributed by atoms with Crippen molar-refractivity contribution in [2.45, 2.75) is 13.8 Å². The van der Waals surface area contributed by atoms with Gasteiger partial charge in [-0.05, 0) is 19.4 Å². The topological polar surface area (TPSA) is 68.0 Å². The van der Waals surface area contributed by atoms with Crippen molar-refractivity contribution >= 4 is 22.4 Å². The number of thiazole rings is 1. The number of oxazole rings is 1. The number of hydrogen-bond acceptors (Lipinski definition) is 5. The number of anilines is 1. The molecule has 0 atom stereocenters. The monoisotopic (exact) mass is 299 g/mol. The molecule has 5 nitrogen and oxygen atoms in total. The van der Waals surface area contributed by atoms with Gasteiger partial charge in [-0.2, -0.15) is 0 Å². The molecular formula is C15H13N3O2S. The quantitative estimate of drug-likeness (QED) is 0.801. The van der Waals surface area contributed by atoms with Gasteiger partial charge in [-0.1, -0.05) is 41.7 Å². The fourth-order valence-electron chi connectivity index (χ4n) is 1.99. The second-order valence-corrected chi connectivity index (χ2v) is 5.51. The smallest absolute Gasteiger partial charge is 0.279 e. The summed E-state index contributed by atoms with van der Waals surface area (Å²) in [4.78, 5) is 21.4. The second-order valence-electron chi connectivity index (χ2n) is 4.51. The van der Waals surface area contributed by atoms with E-state index in [9.17, 15) is 4.79 Å². The average molecular weight is 299 g/mol. The first kappa shape index (κ1) is 13.5. The predicted molar refractivity (Wildman–Crippen MR) is 81.5 cm³/mol. The molecule has 1 N–H and O–H groups in total. The fraction of sp³-hybridized carbons (Fsp3) is 0.133. The van der Waals surface area contributed by atoms with Crippen LogP contribution in [0, 0.1) is 13.8 Å². The number of aromatic nitrogens is 2. The van der Waals surface area contributed by atoms with Crippen molar-refractivity contribution in [3.8, 4) is 10.4 Å². The highest BCUT2D eigenvalue weighted by Crippen LogP contribution is 2.32. The number of aryl methyl sites for hydroxylation is 2. The van der Waals surface area contributed by atoms with Gasteiger partial charge in [0, 0.05) is 0 Å². The Labute approximate surface area is 125 Å². The van der Waals surface area contributed by atoms with Crippen molar-refractivity contribution in [1.29, 1.82) is 0 Å². The van der Waals surface area contributed by atoms with E-state index in [-0.39, 0.29) is 11.6 Å². The third-order valence-corrected chi connectivity index (χ3v) is 4.13. The number of carbonyl (C=O) groups is 1. The molecule has 0 spiro atoms. The van der Waals surface area contributed by atoms with E-state index >= 15 is 0 Å². The van der Waals surface area contributed by atoms with E-state index in [2.05, 4.69) is 15.3 Å². The highest BCUT2D eigenvalue weighted by Gasteiger charge is 2.16. The Hall–Kier alpha value is -2.47. The molecule has 0 bridgehead atoms. The minimum Gasteiger partial charge on any atom is -0.448 e. The lowest BCUT2D eigenvalue weighted by molar-refractivity contribution is 0.102. The van der Waals surface area contributed by atoms with Crippen LogP contribution < -0.4 is 5.32 Å². The van der Waals surface area contributed by atoms with Crippen molar-refractivity contribution < 1.29 is 9.21 Å². The maximum atomic E-state index is 12.1. The molecule has 0 fully saturated rings. The van der Waals surface area contributed by atoms with E-state index in [0.717, 1.165) is 16.1 Å². The van der Waals surface area contributed by atoms with Crippen LogP contribution in [-0.2, 0) is 0 Å². The zero-order valence-electron chi connectivity index (χ0n) is 11.6. The van der Waals surface area contributed by atoms with Crippen LogP contribution in [0.25, 0.3) is 10.4 Å². The SMILES string of the molecule is Cc1nc(NC(=O)c2ncoc2C)sc1-c1ccccc1. The van der Waals surface area contributed by atoms with Gasteiger partial charge < -0.3 is 4.42 Å². The summed E-state index contributed by atoms with van der Waals surface area (Å²) in [6.07, 6.45) is 1.26. The van der Waals surface area contributed by atoms with Crippen molar-refractivity contribution in [2.24, 2.45) is 0 Å². The van der Waals surface area contributed by atoms with Crippen LogP contribution in [0.15, 0.2) is 41.1 Å². The fourth-order valence-corrected chi connectivity index (χ4v) is 2.95. The summed E-state index contributed by atoms with van der Waals surface area (Å²) in [5.41, 5.74) is 2.26. The third-order valence-electron chi connectivity index (χ3n) is 3.01. The molecule has 2 heterocycles. The molecular weight excluding hydrogens is 286 g/mol. The Balaban J connectivity index is 1.85. The van der Waals surface area contributed by atoms with Gasteiger partial charge >= 0.3 is 0 Å². The number of benzene rings is 1. The third kappa shape index (κ3) is 2.71. The second kappa shape index (κ2) is 5.49. The van der Waals surface area contributed by atoms with Crippen LogP contribution in [0.2, 0.25) is 0 Å². The normalized spacial score (nSPS) is 10.6. The van der Waals surface area contributed by atoms with E-state index in [1.807, 2.05) is 37.3 Å². The maximum Gasteiger partial charge on any atom is 0.279 e. The largest absolute Gasteiger partial charge is 0.448 e. The summed E-state index contributed by atoms with van der Waals surface area (Å²) in [6, 6.07) is 9.97. The van der Waals surface area contributed by atoms with Gasteiger partial charge in [-0.15, -0.1) is 0 Å². The van der Waals surface area contributed by atoms with Gasteiger partial charge in [0.05, 0.1) is 10.6 Å². The summed E-state index contributed by atoms with van der Waals surface area (Å²) in [5, 5.41) is 3.32. The molecule has 3 aromatic rings. The Kier molecular flexibility index (Phi) is 3.53.